The zero-order chi connectivity index (χ0) is 21.8. The molecule has 1 atom stereocenters. The molecule has 1 aliphatic heterocycles. The number of amides is 1. The smallest absolute Gasteiger partial charge is 0.239 e. The standard InChI is InChI=1S/C25H30N4O2/c1-18-14-28(16-21-9-5-4-6-10-21)23-11-7-8-12-24(23)29(15-18)17-25(30)26-13-22-19(2)27-31-20(22)3/h4-12,18H,13-17H2,1-3H3,(H,26,30)/t18-/m1/s1. The molecule has 2 heterocycles. The predicted octanol–water partition coefficient (Wildman–Crippen LogP) is 4.07. The number of hydrogen-bond donors (Lipinski definition) is 1. The van der Waals surface area contributed by atoms with Gasteiger partial charge in [0.1, 0.15) is 5.76 Å². The van der Waals surface area contributed by atoms with Crippen molar-refractivity contribution in [1.82, 2.24) is 10.5 Å². The molecule has 1 aromatic heterocycles. The Morgan fingerprint density at radius 3 is 2.35 bits per heavy atom. The van der Waals surface area contributed by atoms with Crippen LogP contribution in [0, 0.1) is 19.8 Å². The van der Waals surface area contributed by atoms with E-state index >= 15 is 0 Å². The van der Waals surface area contributed by atoms with Crippen molar-refractivity contribution in [3.8, 4) is 0 Å². The van der Waals surface area contributed by atoms with E-state index in [9.17, 15) is 4.79 Å². The van der Waals surface area contributed by atoms with E-state index in [1.54, 1.807) is 0 Å². The van der Waals surface area contributed by atoms with Crippen molar-refractivity contribution in [3.05, 3.63) is 77.2 Å². The lowest BCUT2D eigenvalue weighted by atomic mass is 10.1. The summed E-state index contributed by atoms with van der Waals surface area (Å²) in [7, 11) is 0. The highest BCUT2D eigenvalue weighted by Crippen LogP contribution is 2.34. The van der Waals surface area contributed by atoms with Gasteiger partial charge in [-0.3, -0.25) is 4.79 Å². The van der Waals surface area contributed by atoms with Gasteiger partial charge < -0.3 is 19.6 Å². The van der Waals surface area contributed by atoms with Crippen LogP contribution in [-0.4, -0.2) is 30.7 Å². The molecule has 6 nitrogen and oxygen atoms in total. The molecule has 0 spiro atoms. The minimum atomic E-state index is -0.00138. The summed E-state index contributed by atoms with van der Waals surface area (Å²) in [5, 5.41) is 7.00. The maximum atomic E-state index is 12.8. The van der Waals surface area contributed by atoms with E-state index in [-0.39, 0.29) is 5.91 Å². The van der Waals surface area contributed by atoms with Crippen molar-refractivity contribution in [2.24, 2.45) is 5.92 Å². The van der Waals surface area contributed by atoms with Crippen LogP contribution in [-0.2, 0) is 17.9 Å². The molecular formula is C25H30N4O2. The van der Waals surface area contributed by atoms with Crippen LogP contribution >= 0.6 is 0 Å². The van der Waals surface area contributed by atoms with Gasteiger partial charge in [-0.2, -0.15) is 0 Å². The van der Waals surface area contributed by atoms with Gasteiger partial charge in [0, 0.05) is 31.7 Å². The molecule has 0 unspecified atom stereocenters. The molecule has 0 fully saturated rings. The number of fused-ring (bicyclic) bond motifs is 1. The quantitative estimate of drug-likeness (QED) is 0.654. The molecular weight excluding hydrogens is 388 g/mol. The Balaban J connectivity index is 1.50. The molecule has 0 saturated heterocycles. The molecule has 1 N–H and O–H groups in total. The van der Waals surface area contributed by atoms with Gasteiger partial charge in [0.25, 0.3) is 0 Å². The van der Waals surface area contributed by atoms with E-state index in [4.69, 9.17) is 4.52 Å². The van der Waals surface area contributed by atoms with Gasteiger partial charge in [-0.1, -0.05) is 54.5 Å². The predicted molar refractivity (Wildman–Crippen MR) is 123 cm³/mol. The lowest BCUT2D eigenvalue weighted by Gasteiger charge is -2.27. The van der Waals surface area contributed by atoms with Crippen LogP contribution in [0.5, 0.6) is 0 Å². The molecule has 6 heteroatoms. The minimum absolute atomic E-state index is 0.00138. The molecule has 31 heavy (non-hydrogen) atoms. The minimum Gasteiger partial charge on any atom is -0.365 e. The van der Waals surface area contributed by atoms with Crippen LogP contribution in [0.2, 0.25) is 0 Å². The molecule has 1 amide bonds. The second-order valence-corrected chi connectivity index (χ2v) is 8.42. The van der Waals surface area contributed by atoms with Crippen molar-refractivity contribution in [2.45, 2.75) is 33.9 Å². The second-order valence-electron chi connectivity index (χ2n) is 8.42. The number of hydrogen-bond acceptors (Lipinski definition) is 5. The monoisotopic (exact) mass is 418 g/mol. The van der Waals surface area contributed by atoms with Crippen molar-refractivity contribution in [1.29, 1.82) is 0 Å². The highest BCUT2D eigenvalue weighted by Gasteiger charge is 2.25. The fourth-order valence-electron chi connectivity index (χ4n) is 4.28. The third-order valence-corrected chi connectivity index (χ3v) is 5.82. The maximum Gasteiger partial charge on any atom is 0.239 e. The normalized spacial score (nSPS) is 16.0. The van der Waals surface area contributed by atoms with Gasteiger partial charge in [-0.25, -0.2) is 0 Å². The molecule has 2 aromatic carbocycles. The number of carbonyl (C=O) groups is 1. The van der Waals surface area contributed by atoms with E-state index in [0.29, 0.717) is 19.0 Å². The topological polar surface area (TPSA) is 61.6 Å². The average molecular weight is 419 g/mol. The van der Waals surface area contributed by atoms with Gasteiger partial charge in [0.05, 0.1) is 23.6 Å². The molecule has 3 aromatic rings. The molecule has 4 rings (SSSR count). The summed E-state index contributed by atoms with van der Waals surface area (Å²) in [6, 6.07) is 18.9. The molecule has 162 valence electrons. The van der Waals surface area contributed by atoms with Crippen LogP contribution < -0.4 is 15.1 Å². The first-order valence-electron chi connectivity index (χ1n) is 10.8. The second kappa shape index (κ2) is 9.25. The van der Waals surface area contributed by atoms with Gasteiger partial charge >= 0.3 is 0 Å². The third-order valence-electron chi connectivity index (χ3n) is 5.82. The van der Waals surface area contributed by atoms with E-state index in [1.807, 2.05) is 26.0 Å². The number of aromatic nitrogens is 1. The zero-order valence-electron chi connectivity index (χ0n) is 18.5. The number of nitrogens with one attached hydrogen (secondary N) is 1. The maximum absolute atomic E-state index is 12.8. The Morgan fingerprint density at radius 1 is 1.03 bits per heavy atom. The van der Waals surface area contributed by atoms with Crippen LogP contribution in [0.3, 0.4) is 0 Å². The molecule has 1 aliphatic rings. The Labute approximate surface area is 183 Å². The number of nitrogens with zero attached hydrogens (tertiary/aromatic N) is 3. The summed E-state index contributed by atoms with van der Waals surface area (Å²) < 4.78 is 5.20. The first-order chi connectivity index (χ1) is 15.0. The zero-order valence-corrected chi connectivity index (χ0v) is 18.5. The van der Waals surface area contributed by atoms with Crippen molar-refractivity contribution in [2.75, 3.05) is 29.4 Å². The largest absolute Gasteiger partial charge is 0.365 e. The van der Waals surface area contributed by atoms with Crippen LogP contribution in [0.15, 0.2) is 59.1 Å². The summed E-state index contributed by atoms with van der Waals surface area (Å²) in [6.07, 6.45) is 0. The van der Waals surface area contributed by atoms with Crippen molar-refractivity contribution >= 4 is 17.3 Å². The lowest BCUT2D eigenvalue weighted by molar-refractivity contribution is -0.119. The van der Waals surface area contributed by atoms with Crippen LogP contribution in [0.1, 0.15) is 29.5 Å². The summed E-state index contributed by atoms with van der Waals surface area (Å²) in [5.41, 5.74) is 5.34. The number of anilines is 2. The first kappa shape index (κ1) is 21.0. The van der Waals surface area contributed by atoms with Gasteiger partial charge in [0.2, 0.25) is 5.91 Å². The highest BCUT2D eigenvalue weighted by molar-refractivity contribution is 5.84. The number of benzene rings is 2. The van der Waals surface area contributed by atoms with Crippen LogP contribution in [0.25, 0.3) is 0 Å². The van der Waals surface area contributed by atoms with Crippen molar-refractivity contribution in [3.63, 3.8) is 0 Å². The van der Waals surface area contributed by atoms with Crippen LogP contribution in [0.4, 0.5) is 11.4 Å². The lowest BCUT2D eigenvalue weighted by Crippen LogP contribution is -2.39. The Hall–Kier alpha value is -3.28. The van der Waals surface area contributed by atoms with E-state index < -0.39 is 0 Å². The van der Waals surface area contributed by atoms with Gasteiger partial charge in [-0.05, 0) is 37.5 Å². The molecule has 0 aliphatic carbocycles. The molecule has 0 bridgehead atoms. The van der Waals surface area contributed by atoms with Crippen molar-refractivity contribution < 1.29 is 9.32 Å². The summed E-state index contributed by atoms with van der Waals surface area (Å²) in [4.78, 5) is 17.4. The molecule has 0 radical (unpaired) electrons. The number of aryl methyl sites for hydroxylation is 2. The van der Waals surface area contributed by atoms with E-state index in [1.165, 1.54) is 11.3 Å². The van der Waals surface area contributed by atoms with Gasteiger partial charge in [-0.15, -0.1) is 0 Å². The third kappa shape index (κ3) is 4.90. The first-order valence-corrected chi connectivity index (χ1v) is 10.8. The summed E-state index contributed by atoms with van der Waals surface area (Å²) in [6.45, 7) is 9.41. The Morgan fingerprint density at radius 2 is 1.68 bits per heavy atom. The number of rotatable bonds is 6. The van der Waals surface area contributed by atoms with E-state index in [2.05, 4.69) is 69.7 Å². The summed E-state index contributed by atoms with van der Waals surface area (Å²) >= 11 is 0. The highest BCUT2D eigenvalue weighted by atomic mass is 16.5. The molecule has 0 saturated carbocycles. The Bertz CT molecular complexity index is 1010. The van der Waals surface area contributed by atoms with E-state index in [0.717, 1.165) is 42.3 Å². The Kier molecular flexibility index (Phi) is 6.26. The van der Waals surface area contributed by atoms with Gasteiger partial charge in [0.15, 0.2) is 0 Å². The fourth-order valence-corrected chi connectivity index (χ4v) is 4.28. The number of carbonyl (C=O) groups excluding carboxylic acids is 1. The summed E-state index contributed by atoms with van der Waals surface area (Å²) in [5.74, 6) is 1.17. The average Bonchev–Trinajstić information content (AvgIpc) is 3.02. The number of para-hydroxylation sites is 2. The fraction of sp³-hybridized carbons (Fsp3) is 0.360. The SMILES string of the molecule is Cc1noc(C)c1CNC(=O)CN1C[C@H](C)CN(Cc2ccccc2)c2ccccc21.